The monoisotopic (exact) mass is 430 g/mol. The van der Waals surface area contributed by atoms with E-state index in [1.54, 1.807) is 11.3 Å². The Kier molecular flexibility index (Phi) is 7.25. The number of carboxylic acids is 1. The van der Waals surface area contributed by atoms with Crippen molar-refractivity contribution in [2.24, 2.45) is 11.8 Å². The summed E-state index contributed by atoms with van der Waals surface area (Å²) in [5, 5.41) is 11.4. The number of hydrogen-bond donors (Lipinski definition) is 2. The topological polar surface area (TPSA) is 95.9 Å². The number of rotatable bonds is 5. The molecule has 12 heteroatoms. The van der Waals surface area contributed by atoms with Crippen molar-refractivity contribution in [1.29, 1.82) is 0 Å². The first kappa shape index (κ1) is 22.1. The third-order valence-electron chi connectivity index (χ3n) is 4.35. The van der Waals surface area contributed by atoms with E-state index < -0.39 is 22.2 Å². The van der Waals surface area contributed by atoms with Gasteiger partial charge in [0, 0.05) is 38.0 Å². The van der Waals surface area contributed by atoms with Gasteiger partial charge in [-0.3, -0.25) is 4.90 Å². The molecule has 0 aromatic carbocycles. The highest BCUT2D eigenvalue weighted by Crippen LogP contribution is 2.34. The normalized spacial score (nSPS) is 25.7. The molecule has 3 rings (SSSR count). The predicted octanol–water partition coefficient (Wildman–Crippen LogP) is 1.38. The Balaban J connectivity index is 0.000000321. The number of halogens is 3. The number of fused-ring (bicyclic) bond motifs is 1. The van der Waals surface area contributed by atoms with Crippen LogP contribution in [-0.2, 0) is 26.1 Å². The SMILES string of the molecule is CS(=O)(=O)NC[C@@H]1CO[C@@H]2CN(Cc3ccsc3)C[C@H]12.O=C(O)C(F)(F)F. The molecule has 1 aromatic heterocycles. The maximum Gasteiger partial charge on any atom is 0.490 e. The third kappa shape index (κ3) is 7.03. The van der Waals surface area contributed by atoms with Gasteiger partial charge in [-0.1, -0.05) is 0 Å². The Morgan fingerprint density at radius 1 is 1.44 bits per heavy atom. The molecule has 0 saturated carbocycles. The lowest BCUT2D eigenvalue weighted by Gasteiger charge is -2.19. The van der Waals surface area contributed by atoms with E-state index >= 15 is 0 Å². The molecule has 3 atom stereocenters. The molecular weight excluding hydrogens is 409 g/mol. The molecule has 1 aromatic rings. The fourth-order valence-electron chi connectivity index (χ4n) is 3.12. The number of nitrogens with zero attached hydrogens (tertiary/aromatic N) is 1. The smallest absolute Gasteiger partial charge is 0.475 e. The molecule has 0 aliphatic carbocycles. The predicted molar refractivity (Wildman–Crippen MR) is 92.9 cm³/mol. The first-order valence-electron chi connectivity index (χ1n) is 8.05. The number of alkyl halides is 3. The number of nitrogens with one attached hydrogen (secondary N) is 1. The van der Waals surface area contributed by atoms with E-state index in [1.807, 2.05) is 0 Å². The van der Waals surface area contributed by atoms with E-state index in [9.17, 15) is 21.6 Å². The Hall–Kier alpha value is -1.21. The minimum absolute atomic E-state index is 0.264. The fourth-order valence-corrected chi connectivity index (χ4v) is 4.30. The van der Waals surface area contributed by atoms with Crippen LogP contribution in [0.5, 0.6) is 0 Å². The molecule has 27 heavy (non-hydrogen) atoms. The van der Waals surface area contributed by atoms with Crippen molar-refractivity contribution in [2.75, 3.05) is 32.5 Å². The molecule has 2 aliphatic rings. The lowest BCUT2D eigenvalue weighted by molar-refractivity contribution is -0.192. The number of thiophene rings is 1. The summed E-state index contributed by atoms with van der Waals surface area (Å²) in [6.45, 7) is 4.08. The van der Waals surface area contributed by atoms with Crippen LogP contribution < -0.4 is 4.72 Å². The zero-order chi connectivity index (χ0) is 20.2. The molecule has 2 fully saturated rings. The second-order valence-electron chi connectivity index (χ2n) is 6.54. The molecule has 7 nitrogen and oxygen atoms in total. The summed E-state index contributed by atoms with van der Waals surface area (Å²) >= 11 is 1.72. The van der Waals surface area contributed by atoms with Crippen LogP contribution in [0, 0.1) is 11.8 Å². The van der Waals surface area contributed by atoms with Crippen LogP contribution in [0.2, 0.25) is 0 Å². The molecule has 0 spiro atoms. The highest BCUT2D eigenvalue weighted by molar-refractivity contribution is 7.88. The van der Waals surface area contributed by atoms with Crippen molar-refractivity contribution in [3.8, 4) is 0 Å². The van der Waals surface area contributed by atoms with E-state index in [4.69, 9.17) is 14.6 Å². The molecule has 0 unspecified atom stereocenters. The van der Waals surface area contributed by atoms with Crippen LogP contribution in [-0.4, -0.2) is 69.2 Å². The fraction of sp³-hybridized carbons (Fsp3) is 0.667. The van der Waals surface area contributed by atoms with Crippen molar-refractivity contribution in [3.05, 3.63) is 22.4 Å². The Bertz CT molecular complexity index is 724. The zero-order valence-corrected chi connectivity index (χ0v) is 16.1. The van der Waals surface area contributed by atoms with Crippen molar-refractivity contribution >= 4 is 27.3 Å². The first-order valence-corrected chi connectivity index (χ1v) is 10.9. The van der Waals surface area contributed by atoms with Gasteiger partial charge in [-0.25, -0.2) is 17.9 Å². The highest BCUT2D eigenvalue weighted by Gasteiger charge is 2.43. The number of likely N-dealkylation sites (tertiary alicyclic amines) is 1. The Labute approximate surface area is 159 Å². The van der Waals surface area contributed by atoms with Crippen molar-refractivity contribution in [2.45, 2.75) is 18.8 Å². The number of hydrogen-bond acceptors (Lipinski definition) is 6. The van der Waals surface area contributed by atoms with Crippen LogP contribution in [0.25, 0.3) is 0 Å². The molecule has 2 saturated heterocycles. The largest absolute Gasteiger partial charge is 0.490 e. The van der Waals surface area contributed by atoms with Crippen LogP contribution in [0.1, 0.15) is 5.56 Å². The van der Waals surface area contributed by atoms with Crippen LogP contribution in [0.3, 0.4) is 0 Å². The second kappa shape index (κ2) is 8.86. The summed E-state index contributed by atoms with van der Waals surface area (Å²) in [5.74, 6) is -2.02. The van der Waals surface area contributed by atoms with E-state index in [1.165, 1.54) is 11.8 Å². The Morgan fingerprint density at radius 2 is 2.11 bits per heavy atom. The van der Waals surface area contributed by atoms with Crippen molar-refractivity contribution in [1.82, 2.24) is 9.62 Å². The highest BCUT2D eigenvalue weighted by atomic mass is 32.2. The van der Waals surface area contributed by atoms with Gasteiger partial charge in [0.25, 0.3) is 0 Å². The summed E-state index contributed by atoms with van der Waals surface area (Å²) in [7, 11) is -3.11. The van der Waals surface area contributed by atoms with E-state index in [2.05, 4.69) is 26.4 Å². The lowest BCUT2D eigenvalue weighted by Crippen LogP contribution is -2.33. The molecule has 0 amide bonds. The standard InChI is InChI=1S/C13H20N2O3S2.C2HF3O2/c1-20(16,17)14-4-11-8-18-13-7-15(6-12(11)13)5-10-2-3-19-9-10;3-2(4,5)1(6)7/h2-3,9,11-14H,4-8H2,1H3;(H,6,7)/t11-,12-,13-;/m1./s1. The molecule has 0 bridgehead atoms. The van der Waals surface area contributed by atoms with Gasteiger partial charge in [-0.2, -0.15) is 24.5 Å². The number of carbonyl (C=O) groups is 1. The summed E-state index contributed by atoms with van der Waals surface area (Å²) in [4.78, 5) is 11.3. The van der Waals surface area contributed by atoms with Crippen LogP contribution in [0.15, 0.2) is 16.8 Å². The molecule has 3 heterocycles. The second-order valence-corrected chi connectivity index (χ2v) is 9.16. The minimum Gasteiger partial charge on any atom is -0.475 e. The van der Waals surface area contributed by atoms with Gasteiger partial charge in [0.1, 0.15) is 0 Å². The van der Waals surface area contributed by atoms with E-state index in [-0.39, 0.29) is 6.10 Å². The summed E-state index contributed by atoms with van der Waals surface area (Å²) in [5.41, 5.74) is 1.35. The number of ether oxygens (including phenoxy) is 1. The number of carboxylic acid groups (broad SMARTS) is 1. The molecule has 0 radical (unpaired) electrons. The van der Waals surface area contributed by atoms with E-state index in [0.717, 1.165) is 19.6 Å². The summed E-state index contributed by atoms with van der Waals surface area (Å²) in [6.07, 6.45) is -3.61. The van der Waals surface area contributed by atoms with Gasteiger partial charge in [0.15, 0.2) is 0 Å². The van der Waals surface area contributed by atoms with E-state index in [0.29, 0.717) is 25.0 Å². The van der Waals surface area contributed by atoms with Crippen molar-refractivity contribution < 1.29 is 36.2 Å². The number of aliphatic carboxylic acids is 1. The minimum atomic E-state index is -5.08. The van der Waals surface area contributed by atoms with Crippen LogP contribution in [0.4, 0.5) is 13.2 Å². The quantitative estimate of drug-likeness (QED) is 0.733. The Morgan fingerprint density at radius 3 is 2.63 bits per heavy atom. The zero-order valence-electron chi connectivity index (χ0n) is 14.5. The number of sulfonamides is 1. The third-order valence-corrected chi connectivity index (χ3v) is 5.77. The van der Waals surface area contributed by atoms with Gasteiger partial charge < -0.3 is 9.84 Å². The van der Waals surface area contributed by atoms with Gasteiger partial charge in [0.2, 0.25) is 10.0 Å². The average Bonchev–Trinajstić information content (AvgIpc) is 3.22. The van der Waals surface area contributed by atoms with Gasteiger partial charge >= 0.3 is 12.1 Å². The van der Waals surface area contributed by atoms with Crippen molar-refractivity contribution in [3.63, 3.8) is 0 Å². The lowest BCUT2D eigenvalue weighted by atomic mass is 9.93. The first-order chi connectivity index (χ1) is 12.5. The maximum absolute atomic E-state index is 11.2. The summed E-state index contributed by atoms with van der Waals surface area (Å²) < 4.78 is 62.6. The van der Waals surface area contributed by atoms with Gasteiger partial charge in [0.05, 0.1) is 19.0 Å². The molecule has 2 N–H and O–H groups in total. The maximum atomic E-state index is 11.2. The summed E-state index contributed by atoms with van der Waals surface area (Å²) in [6, 6.07) is 2.16. The van der Waals surface area contributed by atoms with Gasteiger partial charge in [-0.15, -0.1) is 0 Å². The van der Waals surface area contributed by atoms with Crippen LogP contribution >= 0.6 is 11.3 Å². The van der Waals surface area contributed by atoms with Gasteiger partial charge in [-0.05, 0) is 22.4 Å². The average molecular weight is 430 g/mol. The molecule has 154 valence electrons. The molecule has 2 aliphatic heterocycles. The molecular formula is C15H21F3N2O5S2.